The molecule has 1 N–H and O–H groups in total. The lowest BCUT2D eigenvalue weighted by Gasteiger charge is -2.36. The number of ether oxygens (including phenoxy) is 1. The second kappa shape index (κ2) is 10.1. The highest BCUT2D eigenvalue weighted by Gasteiger charge is 2.31. The number of rotatable bonds is 5. The maximum absolute atomic E-state index is 12.0. The molecular weight excluding hydrogens is 477 g/mol. The van der Waals surface area contributed by atoms with Crippen LogP contribution in [0.5, 0.6) is 0 Å². The van der Waals surface area contributed by atoms with E-state index < -0.39 is 14.6 Å². The van der Waals surface area contributed by atoms with Crippen molar-refractivity contribution in [3.8, 4) is 0 Å². The Morgan fingerprint density at radius 1 is 1.37 bits per heavy atom. The van der Waals surface area contributed by atoms with Crippen LogP contribution in [0.15, 0.2) is 29.3 Å². The minimum atomic E-state index is -3.18. The molecule has 0 radical (unpaired) electrons. The van der Waals surface area contributed by atoms with E-state index in [1.807, 2.05) is 19.1 Å². The van der Waals surface area contributed by atoms with E-state index >= 15 is 0 Å². The molecule has 1 saturated heterocycles. The van der Waals surface area contributed by atoms with Crippen molar-refractivity contribution >= 4 is 39.8 Å². The van der Waals surface area contributed by atoms with Crippen molar-refractivity contribution in [3.63, 3.8) is 0 Å². The summed E-state index contributed by atoms with van der Waals surface area (Å²) in [5.41, 5.74) is 2.39. The summed E-state index contributed by atoms with van der Waals surface area (Å²) in [6.45, 7) is 10.5. The number of benzene rings is 1. The highest BCUT2D eigenvalue weighted by atomic mass is 127. The van der Waals surface area contributed by atoms with Gasteiger partial charge in [0.2, 0.25) is 0 Å². The summed E-state index contributed by atoms with van der Waals surface area (Å²) in [6.07, 6.45) is 1.25. The standard InChI is InChI=1S/C19H31N3O3S.HI/c1-6-20-18(21-14-19(3,4)26(5,23)24)22-11-12-25-17(13-22)16-10-8-7-9-15(16)2;/h7-10,17H,6,11-14H2,1-5H3,(H,20,21);1H. The Bertz CT molecular complexity index is 750. The second-order valence-electron chi connectivity index (χ2n) is 7.36. The smallest absolute Gasteiger partial charge is 0.194 e. The van der Waals surface area contributed by atoms with Crippen molar-refractivity contribution in [1.29, 1.82) is 0 Å². The van der Waals surface area contributed by atoms with Gasteiger partial charge in [0, 0.05) is 19.3 Å². The third-order valence-electron chi connectivity index (χ3n) is 4.85. The first-order chi connectivity index (χ1) is 12.2. The number of halogens is 1. The zero-order valence-electron chi connectivity index (χ0n) is 16.9. The molecule has 8 heteroatoms. The lowest BCUT2D eigenvalue weighted by Crippen LogP contribution is -2.49. The van der Waals surface area contributed by atoms with Gasteiger partial charge in [-0.1, -0.05) is 24.3 Å². The molecular formula is C19H32IN3O3S. The predicted octanol–water partition coefficient (Wildman–Crippen LogP) is 2.78. The zero-order chi connectivity index (χ0) is 19.4. The maximum atomic E-state index is 12.0. The van der Waals surface area contributed by atoms with E-state index in [4.69, 9.17) is 4.74 Å². The van der Waals surface area contributed by atoms with Crippen LogP contribution in [0.25, 0.3) is 0 Å². The fourth-order valence-corrected chi connectivity index (χ4v) is 3.09. The topological polar surface area (TPSA) is 71.0 Å². The van der Waals surface area contributed by atoms with Crippen LogP contribution in [-0.2, 0) is 14.6 Å². The molecule has 6 nitrogen and oxygen atoms in total. The van der Waals surface area contributed by atoms with Crippen LogP contribution in [-0.4, -0.2) is 63.1 Å². The Morgan fingerprint density at radius 2 is 2.04 bits per heavy atom. The van der Waals surface area contributed by atoms with Crippen molar-refractivity contribution in [1.82, 2.24) is 10.2 Å². The maximum Gasteiger partial charge on any atom is 0.194 e. The molecule has 1 aliphatic rings. The monoisotopic (exact) mass is 509 g/mol. The van der Waals surface area contributed by atoms with Crippen LogP contribution >= 0.6 is 24.0 Å². The fraction of sp³-hybridized carbons (Fsp3) is 0.632. The van der Waals surface area contributed by atoms with Gasteiger partial charge in [-0.15, -0.1) is 24.0 Å². The number of hydrogen-bond donors (Lipinski definition) is 1. The first-order valence-electron chi connectivity index (χ1n) is 9.05. The van der Waals surface area contributed by atoms with E-state index in [0.29, 0.717) is 13.2 Å². The van der Waals surface area contributed by atoms with Gasteiger partial charge in [0.1, 0.15) is 6.10 Å². The van der Waals surface area contributed by atoms with Crippen LogP contribution in [0, 0.1) is 6.92 Å². The van der Waals surface area contributed by atoms with Gasteiger partial charge in [0.25, 0.3) is 0 Å². The lowest BCUT2D eigenvalue weighted by atomic mass is 10.0. The van der Waals surface area contributed by atoms with Gasteiger partial charge in [-0.25, -0.2) is 8.42 Å². The van der Waals surface area contributed by atoms with E-state index in [9.17, 15) is 8.42 Å². The van der Waals surface area contributed by atoms with Crippen LogP contribution in [0.4, 0.5) is 0 Å². The first-order valence-corrected chi connectivity index (χ1v) is 10.9. The Labute approximate surface area is 180 Å². The van der Waals surface area contributed by atoms with Gasteiger partial charge >= 0.3 is 0 Å². The van der Waals surface area contributed by atoms with Crippen molar-refractivity contribution in [2.45, 2.75) is 38.5 Å². The van der Waals surface area contributed by atoms with Crippen molar-refractivity contribution < 1.29 is 13.2 Å². The minimum Gasteiger partial charge on any atom is -0.370 e. The lowest BCUT2D eigenvalue weighted by molar-refractivity contribution is -0.00833. The molecule has 154 valence electrons. The summed E-state index contributed by atoms with van der Waals surface area (Å²) in [4.78, 5) is 6.78. The zero-order valence-corrected chi connectivity index (χ0v) is 20.0. The molecule has 1 aromatic carbocycles. The van der Waals surface area contributed by atoms with Crippen LogP contribution in [0.2, 0.25) is 0 Å². The SMILES string of the molecule is CCNC(=NCC(C)(C)S(C)(=O)=O)N1CCOC(c2ccccc2C)C1.I. The molecule has 1 aromatic rings. The van der Waals surface area contributed by atoms with Crippen LogP contribution in [0.3, 0.4) is 0 Å². The van der Waals surface area contributed by atoms with Gasteiger partial charge in [-0.3, -0.25) is 4.99 Å². The van der Waals surface area contributed by atoms with E-state index in [2.05, 4.69) is 34.3 Å². The molecule has 1 heterocycles. The van der Waals surface area contributed by atoms with Crippen LogP contribution in [0.1, 0.15) is 38.0 Å². The number of aryl methyl sites for hydroxylation is 1. The third kappa shape index (κ3) is 6.32. The molecule has 0 aromatic heterocycles. The first kappa shape index (κ1) is 24.2. The highest BCUT2D eigenvalue weighted by Crippen LogP contribution is 2.25. The molecule has 1 atom stereocenters. The van der Waals surface area contributed by atoms with Gasteiger partial charge in [-0.05, 0) is 38.8 Å². The molecule has 1 aliphatic heterocycles. The molecule has 0 aliphatic carbocycles. The van der Waals surface area contributed by atoms with Gasteiger partial charge in [-0.2, -0.15) is 0 Å². The van der Waals surface area contributed by atoms with E-state index in [1.54, 1.807) is 13.8 Å². The summed E-state index contributed by atoms with van der Waals surface area (Å²) in [6, 6.07) is 8.24. The largest absolute Gasteiger partial charge is 0.370 e. The molecule has 1 unspecified atom stereocenters. The molecule has 27 heavy (non-hydrogen) atoms. The van der Waals surface area contributed by atoms with E-state index in [1.165, 1.54) is 17.4 Å². The molecule has 0 amide bonds. The molecule has 2 rings (SSSR count). The van der Waals surface area contributed by atoms with Crippen molar-refractivity contribution in [3.05, 3.63) is 35.4 Å². The molecule has 0 spiro atoms. The molecule has 0 saturated carbocycles. The number of nitrogens with zero attached hydrogens (tertiary/aromatic N) is 2. The normalized spacial score (nSPS) is 18.8. The summed E-state index contributed by atoms with van der Waals surface area (Å²) in [7, 11) is -3.18. The van der Waals surface area contributed by atoms with Gasteiger partial charge in [0.15, 0.2) is 15.8 Å². The van der Waals surface area contributed by atoms with Crippen LogP contribution < -0.4 is 5.32 Å². The van der Waals surface area contributed by atoms with Crippen molar-refractivity contribution in [2.75, 3.05) is 39.0 Å². The number of morpholine rings is 1. The second-order valence-corrected chi connectivity index (χ2v) is 10.0. The quantitative estimate of drug-likeness (QED) is 0.376. The summed E-state index contributed by atoms with van der Waals surface area (Å²) in [5, 5.41) is 3.29. The Balaban J connectivity index is 0.00000364. The minimum absolute atomic E-state index is 0. The number of guanidine groups is 1. The van der Waals surface area contributed by atoms with Crippen molar-refractivity contribution in [2.24, 2.45) is 4.99 Å². The number of hydrogen-bond acceptors (Lipinski definition) is 4. The number of nitrogens with one attached hydrogen (secondary N) is 1. The Kier molecular flexibility index (Phi) is 9.01. The van der Waals surface area contributed by atoms with Gasteiger partial charge in [0.05, 0.1) is 24.4 Å². The van der Waals surface area contributed by atoms with E-state index in [0.717, 1.165) is 19.0 Å². The highest BCUT2D eigenvalue weighted by molar-refractivity contribution is 14.0. The third-order valence-corrected chi connectivity index (χ3v) is 6.99. The fourth-order valence-electron chi connectivity index (χ4n) is 2.79. The summed E-state index contributed by atoms with van der Waals surface area (Å²) in [5.74, 6) is 0.742. The average Bonchev–Trinajstić information content (AvgIpc) is 2.58. The molecule has 1 fully saturated rings. The average molecular weight is 509 g/mol. The summed E-state index contributed by atoms with van der Waals surface area (Å²) < 4.78 is 29.0. The van der Waals surface area contributed by atoms with Gasteiger partial charge < -0.3 is 15.0 Å². The predicted molar refractivity (Wildman–Crippen MR) is 122 cm³/mol. The molecule has 0 bridgehead atoms. The van der Waals surface area contributed by atoms with E-state index in [-0.39, 0.29) is 36.6 Å². The number of sulfone groups is 1. The summed E-state index contributed by atoms with van der Waals surface area (Å²) >= 11 is 0. The Morgan fingerprint density at radius 3 is 2.63 bits per heavy atom. The number of aliphatic imine (C=N–C) groups is 1. The Hall–Kier alpha value is -0.870.